The summed E-state index contributed by atoms with van der Waals surface area (Å²) in [6, 6.07) is 12.1. The first-order valence-electron chi connectivity index (χ1n) is 9.97. The van der Waals surface area contributed by atoms with Crippen LogP contribution in [0.5, 0.6) is 0 Å². The molecule has 0 unspecified atom stereocenters. The van der Waals surface area contributed by atoms with Gasteiger partial charge in [-0.2, -0.15) is 13.2 Å². The minimum atomic E-state index is -4.52. The number of rotatable bonds is 5. The molecule has 35 heavy (non-hydrogen) atoms. The number of halogens is 4. The number of ether oxygens (including phenoxy) is 1. The van der Waals surface area contributed by atoms with E-state index in [0.717, 1.165) is 47.4 Å². The lowest BCUT2D eigenvalue weighted by molar-refractivity contribution is -0.137. The van der Waals surface area contributed by atoms with Crippen LogP contribution in [0.25, 0.3) is 0 Å². The molecule has 7 nitrogen and oxygen atoms in total. The SMILES string of the molecule is O=C(COC(=O)c1ccc2c(c1)C(=O)N(c1ccc(F)cc1)C2=O)Nc1ccc(C(F)(F)F)cc1. The Hall–Kier alpha value is -4.54. The molecule has 1 aliphatic heterocycles. The summed E-state index contributed by atoms with van der Waals surface area (Å²) in [6.07, 6.45) is -4.52. The summed E-state index contributed by atoms with van der Waals surface area (Å²) in [5, 5.41) is 2.29. The smallest absolute Gasteiger partial charge is 0.416 e. The van der Waals surface area contributed by atoms with E-state index in [1.54, 1.807) is 0 Å². The van der Waals surface area contributed by atoms with E-state index in [4.69, 9.17) is 4.74 Å². The Morgan fingerprint density at radius 2 is 1.49 bits per heavy atom. The maximum Gasteiger partial charge on any atom is 0.416 e. The van der Waals surface area contributed by atoms with Crippen LogP contribution in [0.2, 0.25) is 0 Å². The average Bonchev–Trinajstić information content (AvgIpc) is 3.07. The lowest BCUT2D eigenvalue weighted by Crippen LogP contribution is -2.29. The second-order valence-corrected chi connectivity index (χ2v) is 7.38. The van der Waals surface area contributed by atoms with Crippen molar-refractivity contribution in [2.24, 2.45) is 0 Å². The highest BCUT2D eigenvalue weighted by atomic mass is 19.4. The maximum atomic E-state index is 13.2. The minimum Gasteiger partial charge on any atom is -0.452 e. The van der Waals surface area contributed by atoms with Gasteiger partial charge in [0.25, 0.3) is 17.7 Å². The molecule has 0 aliphatic carbocycles. The summed E-state index contributed by atoms with van der Waals surface area (Å²) in [5.41, 5.74) is -0.792. The van der Waals surface area contributed by atoms with Crippen molar-refractivity contribution in [2.75, 3.05) is 16.8 Å². The van der Waals surface area contributed by atoms with E-state index >= 15 is 0 Å². The Bertz CT molecular complexity index is 1340. The molecule has 0 radical (unpaired) electrons. The summed E-state index contributed by atoms with van der Waals surface area (Å²) >= 11 is 0. The molecular weight excluding hydrogens is 472 g/mol. The number of esters is 1. The second kappa shape index (κ2) is 9.01. The van der Waals surface area contributed by atoms with E-state index in [0.29, 0.717) is 0 Å². The molecule has 0 saturated carbocycles. The van der Waals surface area contributed by atoms with Gasteiger partial charge >= 0.3 is 12.1 Å². The van der Waals surface area contributed by atoms with Gasteiger partial charge in [0.15, 0.2) is 6.61 Å². The van der Waals surface area contributed by atoms with Gasteiger partial charge < -0.3 is 10.1 Å². The third kappa shape index (κ3) is 4.88. The molecule has 178 valence electrons. The van der Waals surface area contributed by atoms with Gasteiger partial charge in [0.05, 0.1) is 27.9 Å². The Morgan fingerprint density at radius 1 is 0.857 bits per heavy atom. The molecule has 0 saturated heterocycles. The van der Waals surface area contributed by atoms with Crippen molar-refractivity contribution in [1.29, 1.82) is 0 Å². The predicted octanol–water partition coefficient (Wildman–Crippen LogP) is 4.44. The Morgan fingerprint density at radius 3 is 2.11 bits per heavy atom. The third-order valence-electron chi connectivity index (χ3n) is 5.04. The molecule has 3 aromatic rings. The molecule has 0 spiro atoms. The van der Waals surface area contributed by atoms with Crippen LogP contribution in [0.1, 0.15) is 36.6 Å². The predicted molar refractivity (Wildman–Crippen MR) is 114 cm³/mol. The van der Waals surface area contributed by atoms with E-state index in [-0.39, 0.29) is 28.1 Å². The standard InChI is InChI=1S/C24H14F4N2O5/c25-15-4-8-17(9-5-15)30-21(32)18-10-1-13(11-19(18)22(30)33)23(34)35-12-20(31)29-16-6-2-14(3-7-16)24(26,27)28/h1-11H,12H2,(H,29,31). The van der Waals surface area contributed by atoms with Gasteiger partial charge in [-0.25, -0.2) is 14.1 Å². The lowest BCUT2D eigenvalue weighted by atomic mass is 10.1. The first-order chi connectivity index (χ1) is 16.5. The summed E-state index contributed by atoms with van der Waals surface area (Å²) in [4.78, 5) is 50.6. The molecule has 1 N–H and O–H groups in total. The van der Waals surface area contributed by atoms with Crippen LogP contribution in [0.4, 0.5) is 28.9 Å². The Kier molecular flexibility index (Phi) is 6.08. The number of nitrogens with one attached hydrogen (secondary N) is 1. The molecule has 3 aromatic carbocycles. The fraction of sp³-hybridized carbons (Fsp3) is 0.0833. The van der Waals surface area contributed by atoms with Crippen LogP contribution < -0.4 is 10.2 Å². The fourth-order valence-electron chi connectivity index (χ4n) is 3.35. The number of nitrogens with zero attached hydrogens (tertiary/aromatic N) is 1. The summed E-state index contributed by atoms with van der Waals surface area (Å²) < 4.78 is 55.9. The average molecular weight is 486 g/mol. The first kappa shape index (κ1) is 23.6. The summed E-state index contributed by atoms with van der Waals surface area (Å²) in [6.45, 7) is -0.745. The van der Waals surface area contributed by atoms with Crippen LogP contribution in [0.15, 0.2) is 66.7 Å². The zero-order chi connectivity index (χ0) is 25.3. The Balaban J connectivity index is 1.40. The number of fused-ring (bicyclic) bond motifs is 1. The normalized spacial score (nSPS) is 13.0. The number of carbonyl (C=O) groups excluding carboxylic acids is 4. The summed E-state index contributed by atoms with van der Waals surface area (Å²) in [5.74, 6) is -3.67. The molecular formula is C24H14F4N2O5. The fourth-order valence-corrected chi connectivity index (χ4v) is 3.35. The van der Waals surface area contributed by atoms with Gasteiger partial charge in [-0.1, -0.05) is 0 Å². The van der Waals surface area contributed by atoms with Gasteiger partial charge in [-0.3, -0.25) is 14.4 Å². The third-order valence-corrected chi connectivity index (χ3v) is 5.04. The number of amides is 3. The van der Waals surface area contributed by atoms with Gasteiger partial charge in [0, 0.05) is 5.69 Å². The zero-order valence-electron chi connectivity index (χ0n) is 17.6. The minimum absolute atomic E-state index is 0.0379. The van der Waals surface area contributed by atoms with Gasteiger partial charge in [0.2, 0.25) is 0 Å². The van der Waals surface area contributed by atoms with Crippen LogP contribution in [0.3, 0.4) is 0 Å². The van der Waals surface area contributed by atoms with E-state index in [1.807, 2.05) is 0 Å². The molecule has 1 aliphatic rings. The molecule has 0 fully saturated rings. The highest BCUT2D eigenvalue weighted by Gasteiger charge is 2.37. The Labute approximate surface area is 194 Å². The number of benzene rings is 3. The number of hydrogen-bond donors (Lipinski definition) is 1. The van der Waals surface area contributed by atoms with Crippen molar-refractivity contribution in [3.8, 4) is 0 Å². The van der Waals surface area contributed by atoms with Crippen molar-refractivity contribution < 1.29 is 41.5 Å². The molecule has 0 aromatic heterocycles. The molecule has 11 heteroatoms. The van der Waals surface area contributed by atoms with Gasteiger partial charge in [0.1, 0.15) is 5.82 Å². The number of carbonyl (C=O) groups is 4. The van der Waals surface area contributed by atoms with Crippen molar-refractivity contribution in [3.63, 3.8) is 0 Å². The second-order valence-electron chi connectivity index (χ2n) is 7.38. The van der Waals surface area contributed by atoms with E-state index in [1.165, 1.54) is 24.3 Å². The molecule has 0 atom stereocenters. The molecule has 3 amide bonds. The largest absolute Gasteiger partial charge is 0.452 e. The van der Waals surface area contributed by atoms with Crippen molar-refractivity contribution >= 4 is 35.1 Å². The molecule has 4 rings (SSSR count). The van der Waals surface area contributed by atoms with Crippen molar-refractivity contribution in [2.45, 2.75) is 6.18 Å². The number of hydrogen-bond acceptors (Lipinski definition) is 5. The van der Waals surface area contributed by atoms with Crippen LogP contribution in [-0.4, -0.2) is 30.3 Å². The van der Waals surface area contributed by atoms with E-state index in [2.05, 4.69) is 5.32 Å². The van der Waals surface area contributed by atoms with E-state index in [9.17, 15) is 36.7 Å². The van der Waals surface area contributed by atoms with Crippen LogP contribution >= 0.6 is 0 Å². The number of imide groups is 1. The van der Waals surface area contributed by atoms with Crippen molar-refractivity contribution in [3.05, 3.63) is 94.8 Å². The quantitative estimate of drug-likeness (QED) is 0.327. The molecule has 1 heterocycles. The number of anilines is 2. The van der Waals surface area contributed by atoms with Crippen LogP contribution in [0, 0.1) is 5.82 Å². The van der Waals surface area contributed by atoms with Gasteiger partial charge in [-0.05, 0) is 66.7 Å². The molecule has 0 bridgehead atoms. The highest BCUT2D eigenvalue weighted by Crippen LogP contribution is 2.30. The summed E-state index contributed by atoms with van der Waals surface area (Å²) in [7, 11) is 0. The topological polar surface area (TPSA) is 92.8 Å². The first-order valence-corrected chi connectivity index (χ1v) is 9.97. The van der Waals surface area contributed by atoms with Crippen molar-refractivity contribution in [1.82, 2.24) is 0 Å². The lowest BCUT2D eigenvalue weighted by Gasteiger charge is -2.13. The maximum absolute atomic E-state index is 13.2. The zero-order valence-corrected chi connectivity index (χ0v) is 17.6. The van der Waals surface area contributed by atoms with E-state index < -0.39 is 47.9 Å². The highest BCUT2D eigenvalue weighted by molar-refractivity contribution is 6.34. The monoisotopic (exact) mass is 486 g/mol. The van der Waals surface area contributed by atoms with Gasteiger partial charge in [-0.15, -0.1) is 0 Å². The van der Waals surface area contributed by atoms with Crippen LogP contribution in [-0.2, 0) is 15.7 Å². The number of alkyl halides is 3.